The van der Waals surface area contributed by atoms with Gasteiger partial charge < -0.3 is 10.1 Å². The summed E-state index contributed by atoms with van der Waals surface area (Å²) in [5, 5.41) is 5.15. The lowest BCUT2D eigenvalue weighted by atomic mass is 10.3. The maximum atomic E-state index is 11.2. The van der Waals surface area contributed by atoms with Crippen LogP contribution in [0.25, 0.3) is 0 Å². The van der Waals surface area contributed by atoms with E-state index in [1.165, 1.54) is 10.4 Å². The molecule has 0 saturated heterocycles. The molecule has 0 amide bonds. The van der Waals surface area contributed by atoms with E-state index in [1.807, 2.05) is 0 Å². The van der Waals surface area contributed by atoms with E-state index < -0.39 is 0 Å². The smallest absolute Gasteiger partial charge is 0.319 e. The molecule has 1 N–H and O–H groups in total. The van der Waals surface area contributed by atoms with Crippen molar-refractivity contribution in [3.63, 3.8) is 0 Å². The van der Waals surface area contributed by atoms with Gasteiger partial charge in [-0.2, -0.15) is 0 Å². The molecule has 0 saturated carbocycles. The van der Waals surface area contributed by atoms with Crippen LogP contribution in [0.3, 0.4) is 0 Å². The predicted octanol–water partition coefficient (Wildman–Crippen LogP) is 2.49. The zero-order valence-electron chi connectivity index (χ0n) is 9.91. The number of hydrogen-bond acceptors (Lipinski definition) is 4. The van der Waals surface area contributed by atoms with Crippen LogP contribution in [-0.2, 0) is 16.1 Å². The molecule has 0 radical (unpaired) electrons. The van der Waals surface area contributed by atoms with Crippen molar-refractivity contribution < 1.29 is 9.53 Å². The van der Waals surface area contributed by atoms with Gasteiger partial charge in [0, 0.05) is 11.4 Å². The number of ether oxygens (including phenoxy) is 1. The molecule has 1 aromatic heterocycles. The molecular weight excluding hydrogens is 222 g/mol. The first-order chi connectivity index (χ1) is 7.74. The third kappa shape index (κ3) is 4.77. The van der Waals surface area contributed by atoms with Crippen LogP contribution >= 0.6 is 11.3 Å². The van der Waals surface area contributed by atoms with Crippen LogP contribution in [0.1, 0.15) is 30.2 Å². The lowest BCUT2D eigenvalue weighted by Crippen LogP contribution is -2.24. The quantitative estimate of drug-likeness (QED) is 0.589. The second kappa shape index (κ2) is 7.41. The van der Waals surface area contributed by atoms with E-state index >= 15 is 0 Å². The molecule has 0 aromatic carbocycles. The Kier molecular flexibility index (Phi) is 6.11. The summed E-state index contributed by atoms with van der Waals surface area (Å²) in [5.74, 6) is -0.164. The summed E-state index contributed by atoms with van der Waals surface area (Å²) in [5.41, 5.74) is 1.27. The van der Waals surface area contributed by atoms with Crippen molar-refractivity contribution in [3.05, 3.63) is 21.9 Å². The minimum atomic E-state index is -0.164. The van der Waals surface area contributed by atoms with Crippen molar-refractivity contribution in [2.45, 2.75) is 33.2 Å². The summed E-state index contributed by atoms with van der Waals surface area (Å²) >= 11 is 1.71. The van der Waals surface area contributed by atoms with Crippen molar-refractivity contribution in [1.82, 2.24) is 5.32 Å². The van der Waals surface area contributed by atoms with Gasteiger partial charge in [-0.05, 0) is 30.4 Å². The van der Waals surface area contributed by atoms with Gasteiger partial charge in [0.05, 0.1) is 13.2 Å². The number of esters is 1. The molecule has 0 unspecified atom stereocenters. The maximum Gasteiger partial charge on any atom is 0.319 e. The van der Waals surface area contributed by atoms with E-state index in [1.54, 1.807) is 11.3 Å². The fraction of sp³-hybridized carbons (Fsp3) is 0.583. The number of carbonyl (C=O) groups excluding carboxylic acids is 1. The number of nitrogens with one attached hydrogen (secondary N) is 1. The van der Waals surface area contributed by atoms with E-state index in [0.717, 1.165) is 19.4 Å². The van der Waals surface area contributed by atoms with Crippen LogP contribution < -0.4 is 5.32 Å². The fourth-order valence-electron chi connectivity index (χ4n) is 1.24. The Labute approximate surface area is 101 Å². The SMILES string of the molecule is CCCCOC(=O)CNCc1sccc1C. The normalized spacial score (nSPS) is 10.4. The third-order valence-electron chi connectivity index (χ3n) is 2.28. The lowest BCUT2D eigenvalue weighted by molar-refractivity contribution is -0.142. The first-order valence-corrected chi connectivity index (χ1v) is 6.51. The molecule has 0 aliphatic rings. The molecule has 3 nitrogen and oxygen atoms in total. The molecular formula is C12H19NO2S. The summed E-state index contributed by atoms with van der Waals surface area (Å²) in [6.07, 6.45) is 1.99. The number of carbonyl (C=O) groups is 1. The van der Waals surface area contributed by atoms with E-state index in [-0.39, 0.29) is 5.97 Å². The molecule has 0 aliphatic carbocycles. The van der Waals surface area contributed by atoms with Crippen LogP contribution in [0, 0.1) is 6.92 Å². The Bertz CT molecular complexity index is 323. The second-order valence-corrected chi connectivity index (χ2v) is 4.71. The van der Waals surface area contributed by atoms with E-state index in [2.05, 4.69) is 30.6 Å². The monoisotopic (exact) mass is 241 g/mol. The molecule has 4 heteroatoms. The van der Waals surface area contributed by atoms with Gasteiger partial charge in [-0.1, -0.05) is 13.3 Å². The maximum absolute atomic E-state index is 11.2. The van der Waals surface area contributed by atoms with Crippen LogP contribution in [0.15, 0.2) is 11.4 Å². The highest BCUT2D eigenvalue weighted by molar-refractivity contribution is 7.10. The Morgan fingerprint density at radius 2 is 2.38 bits per heavy atom. The largest absolute Gasteiger partial charge is 0.465 e. The highest BCUT2D eigenvalue weighted by atomic mass is 32.1. The summed E-state index contributed by atoms with van der Waals surface area (Å²) in [7, 11) is 0. The lowest BCUT2D eigenvalue weighted by Gasteiger charge is -2.05. The fourth-order valence-corrected chi connectivity index (χ4v) is 2.12. The molecule has 16 heavy (non-hydrogen) atoms. The first kappa shape index (κ1) is 13.2. The van der Waals surface area contributed by atoms with E-state index in [4.69, 9.17) is 4.74 Å². The highest BCUT2D eigenvalue weighted by Crippen LogP contribution is 2.14. The molecule has 0 atom stereocenters. The zero-order valence-corrected chi connectivity index (χ0v) is 10.7. The molecule has 1 heterocycles. The second-order valence-electron chi connectivity index (χ2n) is 3.70. The molecule has 0 fully saturated rings. The van der Waals surface area contributed by atoms with Gasteiger partial charge in [-0.3, -0.25) is 4.79 Å². The molecule has 90 valence electrons. The minimum absolute atomic E-state index is 0.164. The summed E-state index contributed by atoms with van der Waals surface area (Å²) < 4.78 is 5.03. The van der Waals surface area contributed by atoms with Crippen molar-refractivity contribution in [2.75, 3.05) is 13.2 Å². The van der Waals surface area contributed by atoms with Crippen molar-refractivity contribution >= 4 is 17.3 Å². The first-order valence-electron chi connectivity index (χ1n) is 5.63. The van der Waals surface area contributed by atoms with Crippen LogP contribution in [0.4, 0.5) is 0 Å². The van der Waals surface area contributed by atoms with E-state index in [9.17, 15) is 4.79 Å². The van der Waals surface area contributed by atoms with E-state index in [0.29, 0.717) is 13.2 Å². The predicted molar refractivity (Wildman–Crippen MR) is 66.6 cm³/mol. The van der Waals surface area contributed by atoms with Gasteiger partial charge in [-0.15, -0.1) is 11.3 Å². The Hall–Kier alpha value is -0.870. The van der Waals surface area contributed by atoms with Crippen LogP contribution in [0.2, 0.25) is 0 Å². The van der Waals surface area contributed by atoms with Gasteiger partial charge in [0.15, 0.2) is 0 Å². The van der Waals surface area contributed by atoms with Crippen molar-refractivity contribution in [2.24, 2.45) is 0 Å². The minimum Gasteiger partial charge on any atom is -0.465 e. The Morgan fingerprint density at radius 3 is 3.00 bits per heavy atom. The van der Waals surface area contributed by atoms with Crippen LogP contribution in [0.5, 0.6) is 0 Å². The number of aryl methyl sites for hydroxylation is 1. The molecule has 0 bridgehead atoms. The van der Waals surface area contributed by atoms with Gasteiger partial charge in [0.25, 0.3) is 0 Å². The average molecular weight is 241 g/mol. The molecule has 1 aromatic rings. The molecule has 0 aliphatic heterocycles. The Balaban J connectivity index is 2.11. The topological polar surface area (TPSA) is 38.3 Å². The molecule has 1 rings (SSSR count). The highest BCUT2D eigenvalue weighted by Gasteiger charge is 2.03. The standard InChI is InChI=1S/C12H19NO2S/c1-3-4-6-15-12(14)9-13-8-11-10(2)5-7-16-11/h5,7,13H,3-4,6,8-9H2,1-2H3. The summed E-state index contributed by atoms with van der Waals surface area (Å²) in [4.78, 5) is 12.5. The van der Waals surface area contributed by atoms with Crippen molar-refractivity contribution in [3.8, 4) is 0 Å². The number of thiophene rings is 1. The number of hydrogen-bond donors (Lipinski definition) is 1. The van der Waals surface area contributed by atoms with Crippen molar-refractivity contribution in [1.29, 1.82) is 0 Å². The Morgan fingerprint density at radius 1 is 1.56 bits per heavy atom. The zero-order chi connectivity index (χ0) is 11.8. The van der Waals surface area contributed by atoms with Gasteiger partial charge in [0.1, 0.15) is 0 Å². The summed E-state index contributed by atoms with van der Waals surface area (Å²) in [6.45, 7) is 5.72. The summed E-state index contributed by atoms with van der Waals surface area (Å²) in [6, 6.07) is 2.08. The third-order valence-corrected chi connectivity index (χ3v) is 3.31. The number of unbranched alkanes of at least 4 members (excludes halogenated alkanes) is 1. The average Bonchev–Trinajstić information content (AvgIpc) is 2.65. The van der Waals surface area contributed by atoms with Crippen LogP contribution in [-0.4, -0.2) is 19.1 Å². The van der Waals surface area contributed by atoms with Gasteiger partial charge in [0.2, 0.25) is 0 Å². The number of rotatable bonds is 7. The molecule has 0 spiro atoms. The van der Waals surface area contributed by atoms with Gasteiger partial charge >= 0.3 is 5.97 Å². The van der Waals surface area contributed by atoms with Gasteiger partial charge in [-0.25, -0.2) is 0 Å².